The number of hydrogen-bond acceptors (Lipinski definition) is 3. The predicted octanol–water partition coefficient (Wildman–Crippen LogP) is 2.47. The number of nitrogens with one attached hydrogen (secondary N) is 1. The normalized spacial score (nSPS) is 23.0. The van der Waals surface area contributed by atoms with Gasteiger partial charge in [0.2, 0.25) is 5.91 Å². The number of carbonyl (C=O) groups is 1. The molecule has 1 amide bonds. The Morgan fingerprint density at radius 3 is 2.83 bits per heavy atom. The summed E-state index contributed by atoms with van der Waals surface area (Å²) in [5.41, 5.74) is 0.620. The molecule has 0 bridgehead atoms. The van der Waals surface area contributed by atoms with Crippen molar-refractivity contribution >= 4 is 22.4 Å². The minimum atomic E-state index is -1.30. The van der Waals surface area contributed by atoms with Crippen LogP contribution in [0.25, 0.3) is 0 Å². The monoisotopic (exact) mass is 261 g/mol. The summed E-state index contributed by atoms with van der Waals surface area (Å²) in [5.74, 6) is 0.440. The Balaban J connectivity index is 2.09. The van der Waals surface area contributed by atoms with Crippen LogP contribution in [0.4, 0.5) is 5.69 Å². The first-order chi connectivity index (χ1) is 8.75. The molecule has 4 nitrogen and oxygen atoms in total. The van der Waals surface area contributed by atoms with E-state index < -0.39 is 16.0 Å². The van der Waals surface area contributed by atoms with Gasteiger partial charge in [-0.25, -0.2) is 0 Å². The Kier molecular flexibility index (Phi) is 2.76. The maximum atomic E-state index is 12.5. The second-order valence-corrected chi connectivity index (χ2v) is 5.65. The van der Waals surface area contributed by atoms with E-state index in [0.29, 0.717) is 16.3 Å². The van der Waals surface area contributed by atoms with Gasteiger partial charge in [-0.1, -0.05) is 12.1 Å². The van der Waals surface area contributed by atoms with Gasteiger partial charge in [-0.15, -0.1) is 0 Å². The van der Waals surface area contributed by atoms with E-state index in [1.165, 1.54) is 6.26 Å². The van der Waals surface area contributed by atoms with E-state index >= 15 is 0 Å². The van der Waals surface area contributed by atoms with Gasteiger partial charge < -0.3 is 9.73 Å². The zero-order chi connectivity index (χ0) is 12.5. The summed E-state index contributed by atoms with van der Waals surface area (Å²) in [7, 11) is -1.30. The van der Waals surface area contributed by atoms with Crippen LogP contribution in [0.15, 0.2) is 52.0 Å². The van der Waals surface area contributed by atoms with Crippen molar-refractivity contribution in [1.82, 2.24) is 0 Å². The zero-order valence-electron chi connectivity index (χ0n) is 9.46. The third-order valence-corrected chi connectivity index (χ3v) is 4.57. The third-order valence-electron chi connectivity index (χ3n) is 2.87. The molecule has 1 aromatic carbocycles. The van der Waals surface area contributed by atoms with Crippen LogP contribution in [0, 0.1) is 0 Å². The van der Waals surface area contributed by atoms with E-state index in [1.54, 1.807) is 24.3 Å². The summed E-state index contributed by atoms with van der Waals surface area (Å²) in [5, 5.41) is 2.34. The molecule has 0 saturated heterocycles. The Bertz CT molecular complexity index is 606. The number of rotatable bonds is 1. The summed E-state index contributed by atoms with van der Waals surface area (Å²) in [4.78, 5) is 12.5. The molecule has 0 fully saturated rings. The van der Waals surface area contributed by atoms with Gasteiger partial charge in [-0.3, -0.25) is 9.00 Å². The molecule has 2 atom stereocenters. The molecule has 0 radical (unpaired) electrons. The van der Waals surface area contributed by atoms with Gasteiger partial charge in [-0.05, 0) is 24.3 Å². The molecule has 1 N–H and O–H groups in total. The maximum absolute atomic E-state index is 12.5. The predicted molar refractivity (Wildman–Crippen MR) is 67.5 cm³/mol. The highest BCUT2D eigenvalue weighted by Gasteiger charge is 2.30. The number of para-hydroxylation sites is 1. The molecule has 2 aromatic rings. The molecule has 0 spiro atoms. The van der Waals surface area contributed by atoms with Crippen molar-refractivity contribution < 1.29 is 13.4 Å². The van der Waals surface area contributed by atoms with E-state index in [2.05, 4.69) is 5.32 Å². The van der Waals surface area contributed by atoms with E-state index in [-0.39, 0.29) is 12.3 Å². The van der Waals surface area contributed by atoms with E-state index in [1.807, 2.05) is 12.1 Å². The highest BCUT2D eigenvalue weighted by Crippen LogP contribution is 2.35. The van der Waals surface area contributed by atoms with Crippen LogP contribution in [0.2, 0.25) is 0 Å². The summed E-state index contributed by atoms with van der Waals surface area (Å²) < 4.78 is 17.8. The standard InChI is InChI=1S/C13H11NO3S/c15-13-8-12(10-5-3-7-17-10)18(16)11-6-2-1-4-9(11)14-13/h1-7,12H,8H2,(H,14,15)/t12-,18?/m1/s1. The fourth-order valence-corrected chi connectivity index (χ4v) is 3.53. The zero-order valence-corrected chi connectivity index (χ0v) is 10.3. The molecular formula is C13H11NO3S. The number of hydrogen-bond donors (Lipinski definition) is 1. The average molecular weight is 261 g/mol. The fourth-order valence-electron chi connectivity index (χ4n) is 2.02. The fraction of sp³-hybridized carbons (Fsp3) is 0.154. The topological polar surface area (TPSA) is 59.3 Å². The average Bonchev–Trinajstić information content (AvgIpc) is 2.85. The smallest absolute Gasteiger partial charge is 0.226 e. The van der Waals surface area contributed by atoms with Crippen molar-refractivity contribution in [3.63, 3.8) is 0 Å². The number of fused-ring (bicyclic) bond motifs is 1. The molecule has 92 valence electrons. The number of carbonyl (C=O) groups excluding carboxylic acids is 1. The quantitative estimate of drug-likeness (QED) is 0.857. The van der Waals surface area contributed by atoms with Gasteiger partial charge in [0.15, 0.2) is 0 Å². The molecule has 5 heteroatoms. The number of amides is 1. The highest BCUT2D eigenvalue weighted by molar-refractivity contribution is 7.85. The summed E-state index contributed by atoms with van der Waals surface area (Å²) in [6, 6.07) is 10.6. The third kappa shape index (κ3) is 1.86. The Labute approximate surface area is 106 Å². The van der Waals surface area contributed by atoms with Crippen LogP contribution in [0.5, 0.6) is 0 Å². The largest absolute Gasteiger partial charge is 0.468 e. The van der Waals surface area contributed by atoms with Crippen LogP contribution < -0.4 is 5.32 Å². The van der Waals surface area contributed by atoms with Gasteiger partial charge in [0.05, 0.1) is 27.6 Å². The minimum Gasteiger partial charge on any atom is -0.468 e. The number of benzene rings is 1. The maximum Gasteiger partial charge on any atom is 0.226 e. The van der Waals surface area contributed by atoms with Crippen LogP contribution >= 0.6 is 0 Å². The van der Waals surface area contributed by atoms with Crippen molar-refractivity contribution in [3.8, 4) is 0 Å². The first-order valence-electron chi connectivity index (χ1n) is 5.58. The van der Waals surface area contributed by atoms with E-state index in [4.69, 9.17) is 4.42 Å². The summed E-state index contributed by atoms with van der Waals surface area (Å²) in [6.45, 7) is 0. The minimum absolute atomic E-state index is 0.144. The van der Waals surface area contributed by atoms with Crippen LogP contribution in [-0.4, -0.2) is 10.1 Å². The van der Waals surface area contributed by atoms with Crippen LogP contribution in [0.1, 0.15) is 17.4 Å². The Morgan fingerprint density at radius 2 is 2.06 bits per heavy atom. The Hall–Kier alpha value is -1.88. The van der Waals surface area contributed by atoms with Crippen molar-refractivity contribution in [1.29, 1.82) is 0 Å². The van der Waals surface area contributed by atoms with Gasteiger partial charge in [0.25, 0.3) is 0 Å². The lowest BCUT2D eigenvalue weighted by molar-refractivity contribution is -0.116. The molecular weight excluding hydrogens is 250 g/mol. The summed E-state index contributed by atoms with van der Waals surface area (Å²) in [6.07, 6.45) is 1.69. The van der Waals surface area contributed by atoms with Crippen molar-refractivity contribution in [2.24, 2.45) is 0 Å². The Morgan fingerprint density at radius 1 is 1.22 bits per heavy atom. The van der Waals surface area contributed by atoms with Crippen LogP contribution in [-0.2, 0) is 15.6 Å². The summed E-state index contributed by atoms with van der Waals surface area (Å²) >= 11 is 0. The van der Waals surface area contributed by atoms with Gasteiger partial charge in [0, 0.05) is 6.42 Å². The van der Waals surface area contributed by atoms with E-state index in [9.17, 15) is 9.00 Å². The molecule has 1 unspecified atom stereocenters. The molecule has 1 aliphatic heterocycles. The van der Waals surface area contributed by atoms with Crippen molar-refractivity contribution in [2.45, 2.75) is 16.6 Å². The highest BCUT2D eigenvalue weighted by atomic mass is 32.2. The van der Waals surface area contributed by atoms with Crippen LogP contribution in [0.3, 0.4) is 0 Å². The second kappa shape index (κ2) is 4.42. The lowest BCUT2D eigenvalue weighted by atomic mass is 10.2. The molecule has 1 aromatic heterocycles. The lowest BCUT2D eigenvalue weighted by Crippen LogP contribution is -2.13. The molecule has 2 heterocycles. The molecule has 0 aliphatic carbocycles. The van der Waals surface area contributed by atoms with Crippen molar-refractivity contribution in [2.75, 3.05) is 5.32 Å². The molecule has 0 saturated carbocycles. The molecule has 1 aliphatic rings. The van der Waals surface area contributed by atoms with Gasteiger partial charge in [-0.2, -0.15) is 0 Å². The lowest BCUT2D eigenvalue weighted by Gasteiger charge is -2.10. The van der Waals surface area contributed by atoms with E-state index in [0.717, 1.165) is 0 Å². The van der Waals surface area contributed by atoms with Gasteiger partial charge in [0.1, 0.15) is 11.0 Å². The first-order valence-corrected chi connectivity index (χ1v) is 6.80. The molecule has 3 rings (SSSR count). The van der Waals surface area contributed by atoms with Crippen molar-refractivity contribution in [3.05, 3.63) is 48.4 Å². The molecule has 18 heavy (non-hydrogen) atoms. The number of anilines is 1. The van der Waals surface area contributed by atoms with Gasteiger partial charge >= 0.3 is 0 Å². The number of furan rings is 1. The SMILES string of the molecule is O=C1C[C@H](c2ccco2)S(=O)c2ccccc2N1. The first kappa shape index (κ1) is 11.2. The second-order valence-electron chi connectivity index (χ2n) is 4.05.